The number of anilines is 2. The number of nitrogens with zero attached hydrogens (tertiary/aromatic N) is 2. The van der Waals surface area contributed by atoms with E-state index in [-0.39, 0.29) is 29.0 Å². The topological polar surface area (TPSA) is 98.4 Å². The van der Waals surface area contributed by atoms with Crippen LogP contribution in [0.25, 0.3) is 0 Å². The van der Waals surface area contributed by atoms with E-state index in [0.717, 1.165) is 28.0 Å². The van der Waals surface area contributed by atoms with E-state index >= 15 is 0 Å². The summed E-state index contributed by atoms with van der Waals surface area (Å²) >= 11 is 4.58. The molecule has 198 valence electrons. The first-order chi connectivity index (χ1) is 17.6. The summed E-state index contributed by atoms with van der Waals surface area (Å²) in [4.78, 5) is 27.1. The van der Waals surface area contributed by atoms with E-state index in [2.05, 4.69) is 38.6 Å². The maximum atomic E-state index is 14.0. The highest BCUT2D eigenvalue weighted by atomic mass is 79.9. The third-order valence-corrected chi connectivity index (χ3v) is 8.54. The first kappa shape index (κ1) is 25.8. The van der Waals surface area contributed by atoms with Crippen molar-refractivity contribution >= 4 is 50.0 Å². The minimum absolute atomic E-state index is 0.0186. The Hall–Kier alpha value is -2.80. The van der Waals surface area contributed by atoms with Crippen molar-refractivity contribution in [2.75, 3.05) is 17.2 Å². The fourth-order valence-electron chi connectivity index (χ4n) is 4.83. The number of esters is 1. The molecule has 1 amide bonds. The number of hydrogen-bond donors (Lipinski definition) is 2. The van der Waals surface area contributed by atoms with Crippen LogP contribution in [0.2, 0.25) is 0 Å². The monoisotopic (exact) mass is 600 g/mol. The van der Waals surface area contributed by atoms with Crippen LogP contribution in [0.15, 0.2) is 27.3 Å². The Bertz CT molecular complexity index is 1330. The molecule has 0 radical (unpaired) electrons. The number of aromatic nitrogens is 2. The largest absolute Gasteiger partial charge is 0.467 e. The van der Waals surface area contributed by atoms with Crippen LogP contribution in [0.1, 0.15) is 75.8 Å². The number of carbonyl (C=O) groups is 2. The van der Waals surface area contributed by atoms with Gasteiger partial charge in [-0.05, 0) is 65.7 Å². The van der Waals surface area contributed by atoms with Crippen molar-refractivity contribution in [2.45, 2.75) is 57.8 Å². The molecule has 0 saturated carbocycles. The van der Waals surface area contributed by atoms with Gasteiger partial charge < -0.3 is 19.8 Å². The van der Waals surface area contributed by atoms with E-state index in [9.17, 15) is 22.8 Å². The van der Waals surface area contributed by atoms with Crippen LogP contribution in [0, 0.1) is 5.92 Å². The first-order valence-electron chi connectivity index (χ1n) is 11.9. The smallest absolute Gasteiger partial charge is 0.410 e. The third kappa shape index (κ3) is 4.78. The van der Waals surface area contributed by atoms with Gasteiger partial charge in [0.25, 0.3) is 5.91 Å². The lowest BCUT2D eigenvalue weighted by molar-refractivity contribution is -0.174. The van der Waals surface area contributed by atoms with Crippen molar-refractivity contribution in [3.63, 3.8) is 0 Å². The molecule has 13 heteroatoms. The molecule has 8 nitrogen and oxygen atoms in total. The number of furan rings is 1. The van der Waals surface area contributed by atoms with Gasteiger partial charge in [0.1, 0.15) is 16.6 Å². The highest BCUT2D eigenvalue weighted by molar-refractivity contribution is 9.10. The number of amides is 1. The molecule has 0 fully saturated rings. The van der Waals surface area contributed by atoms with Gasteiger partial charge in [-0.25, -0.2) is 9.48 Å². The van der Waals surface area contributed by atoms with Gasteiger partial charge in [0.05, 0.1) is 28.9 Å². The number of rotatable bonds is 5. The summed E-state index contributed by atoms with van der Waals surface area (Å²) < 4.78 is 53.5. The van der Waals surface area contributed by atoms with Gasteiger partial charge in [-0.15, -0.1) is 11.3 Å². The fourth-order valence-corrected chi connectivity index (χ4v) is 6.78. The predicted octanol–water partition coefficient (Wildman–Crippen LogP) is 6.51. The van der Waals surface area contributed by atoms with Gasteiger partial charge in [0.15, 0.2) is 11.7 Å². The van der Waals surface area contributed by atoms with Crippen LogP contribution >= 0.6 is 27.3 Å². The van der Waals surface area contributed by atoms with Crippen molar-refractivity contribution in [1.29, 1.82) is 0 Å². The summed E-state index contributed by atoms with van der Waals surface area (Å²) in [5.74, 6) is -0.468. The predicted molar refractivity (Wildman–Crippen MR) is 134 cm³/mol. The van der Waals surface area contributed by atoms with Crippen molar-refractivity contribution in [3.8, 4) is 0 Å². The molecule has 3 aromatic heterocycles. The second-order valence-electron chi connectivity index (χ2n) is 9.19. The maximum absolute atomic E-state index is 14.0. The average Bonchev–Trinajstić information content (AvgIpc) is 3.55. The lowest BCUT2D eigenvalue weighted by Crippen LogP contribution is -2.35. The molecular formula is C24H24BrF3N4O4S. The quantitative estimate of drug-likeness (QED) is 0.324. The molecule has 2 aliphatic rings. The molecule has 4 heterocycles. The summed E-state index contributed by atoms with van der Waals surface area (Å²) in [6.07, 6.45) is -1.21. The van der Waals surface area contributed by atoms with Gasteiger partial charge in [0.2, 0.25) is 0 Å². The van der Waals surface area contributed by atoms with Crippen molar-refractivity contribution in [1.82, 2.24) is 9.78 Å². The second-order valence-corrected chi connectivity index (χ2v) is 11.1. The number of carbonyl (C=O) groups excluding carboxylic acids is 2. The van der Waals surface area contributed by atoms with E-state index in [4.69, 9.17) is 9.15 Å². The molecule has 3 aromatic rings. The zero-order valence-electron chi connectivity index (χ0n) is 19.9. The Morgan fingerprint density at radius 1 is 1.41 bits per heavy atom. The van der Waals surface area contributed by atoms with Gasteiger partial charge in [-0.2, -0.15) is 18.3 Å². The average molecular weight is 601 g/mol. The molecule has 3 atom stereocenters. The summed E-state index contributed by atoms with van der Waals surface area (Å²) in [7, 11) is 0. The second kappa shape index (κ2) is 9.82. The van der Waals surface area contributed by atoms with E-state index in [1.54, 1.807) is 19.1 Å². The molecule has 1 aliphatic carbocycles. The molecule has 0 aromatic carbocycles. The van der Waals surface area contributed by atoms with E-state index in [0.29, 0.717) is 28.7 Å². The molecule has 0 spiro atoms. The molecule has 2 N–H and O–H groups in total. The number of fused-ring (bicyclic) bond motifs is 2. The molecule has 0 unspecified atom stereocenters. The minimum atomic E-state index is -4.61. The van der Waals surface area contributed by atoms with Gasteiger partial charge in [0, 0.05) is 11.3 Å². The molecule has 1 aliphatic heterocycles. The van der Waals surface area contributed by atoms with Crippen molar-refractivity contribution < 1.29 is 31.9 Å². The Labute approximate surface area is 222 Å². The van der Waals surface area contributed by atoms with Gasteiger partial charge in [-0.3, -0.25) is 4.79 Å². The zero-order chi connectivity index (χ0) is 26.5. The van der Waals surface area contributed by atoms with E-state index in [1.807, 2.05) is 0 Å². The normalized spacial score (nSPS) is 21.1. The number of halogens is 4. The maximum Gasteiger partial charge on any atom is 0.410 e. The number of alkyl halides is 3. The summed E-state index contributed by atoms with van der Waals surface area (Å²) in [5.41, 5.74) is 0.943. The summed E-state index contributed by atoms with van der Waals surface area (Å²) in [6, 6.07) is 0.457. The van der Waals surface area contributed by atoms with Crippen LogP contribution in [0.4, 0.5) is 24.0 Å². The van der Waals surface area contributed by atoms with Crippen LogP contribution in [0.3, 0.4) is 0 Å². The van der Waals surface area contributed by atoms with Crippen molar-refractivity contribution in [3.05, 3.63) is 50.3 Å². The van der Waals surface area contributed by atoms with Crippen LogP contribution < -0.4 is 10.6 Å². The zero-order valence-corrected chi connectivity index (χ0v) is 22.3. The highest BCUT2D eigenvalue weighted by Crippen LogP contribution is 2.47. The first-order valence-corrected chi connectivity index (χ1v) is 13.5. The highest BCUT2D eigenvalue weighted by Gasteiger charge is 2.48. The van der Waals surface area contributed by atoms with Gasteiger partial charge in [-0.1, -0.05) is 6.92 Å². The lowest BCUT2D eigenvalue weighted by atomic mass is 9.88. The van der Waals surface area contributed by atoms with Gasteiger partial charge >= 0.3 is 12.1 Å². The third-order valence-electron chi connectivity index (χ3n) is 6.62. The van der Waals surface area contributed by atoms with E-state index < -0.39 is 30.1 Å². The molecular weight excluding hydrogens is 577 g/mol. The van der Waals surface area contributed by atoms with Crippen LogP contribution in [-0.2, 0) is 17.6 Å². The Morgan fingerprint density at radius 2 is 2.19 bits per heavy atom. The number of ether oxygens (including phenoxy) is 1. The minimum Gasteiger partial charge on any atom is -0.467 e. The molecule has 0 bridgehead atoms. The molecule has 5 rings (SSSR count). The van der Waals surface area contributed by atoms with Crippen LogP contribution in [0.5, 0.6) is 0 Å². The Kier molecular flexibility index (Phi) is 6.86. The fraction of sp³-hybridized carbons (Fsp3) is 0.458. The SMILES string of the molecule is CCOC(=O)c1c(NC(=O)c2nn3c(c2Br)N[C@H](c2ccco2)C[C@H]3C(F)(F)F)sc2c1CC[C@@H](C)C2. The van der Waals surface area contributed by atoms with Crippen molar-refractivity contribution in [2.24, 2.45) is 5.92 Å². The Balaban J connectivity index is 1.50. The summed E-state index contributed by atoms with van der Waals surface area (Å²) in [6.45, 7) is 4.00. The number of nitrogens with one attached hydrogen (secondary N) is 2. The molecule has 37 heavy (non-hydrogen) atoms. The molecule has 0 saturated heterocycles. The number of hydrogen-bond acceptors (Lipinski definition) is 7. The number of thiophene rings is 1. The standard InChI is InChI=1S/C24H24BrF3N4O4S/c1-3-35-23(34)17-12-7-6-11(2)9-15(12)37-22(17)30-21(33)19-18(25)20-29-13(14-5-4-8-36-14)10-16(24(26,27)28)32(20)31-19/h4-5,8,11,13,16,29H,3,6-7,9-10H2,1-2H3,(H,30,33)/t11-,13+,16+/m1/s1. The van der Waals surface area contributed by atoms with Crippen LogP contribution in [-0.4, -0.2) is 34.4 Å². The Morgan fingerprint density at radius 3 is 2.86 bits per heavy atom. The lowest BCUT2D eigenvalue weighted by Gasteiger charge is -2.32. The van der Waals surface area contributed by atoms with E-state index in [1.165, 1.54) is 17.6 Å². The summed E-state index contributed by atoms with van der Waals surface area (Å²) in [5, 5.41) is 10.1.